The third-order valence-electron chi connectivity index (χ3n) is 3.55. The van der Waals surface area contributed by atoms with Gasteiger partial charge in [-0.2, -0.15) is 0 Å². The number of benzene rings is 2. The number of imidazole rings is 1. The number of ketones is 1. The normalized spacial score (nSPS) is 10.8. The van der Waals surface area contributed by atoms with E-state index >= 15 is 0 Å². The summed E-state index contributed by atoms with van der Waals surface area (Å²) >= 11 is 1.41. The van der Waals surface area contributed by atoms with Crippen LogP contribution in [0.5, 0.6) is 0 Å². The van der Waals surface area contributed by atoms with E-state index in [0.717, 1.165) is 16.2 Å². The zero-order chi connectivity index (χ0) is 16.4. The molecule has 6 nitrogen and oxygen atoms in total. The largest absolute Gasteiger partial charge is 0.316 e. The van der Waals surface area contributed by atoms with Gasteiger partial charge in [-0.25, -0.2) is 9.55 Å². The molecule has 0 fully saturated rings. The van der Waals surface area contributed by atoms with Gasteiger partial charge in [0.2, 0.25) is 0 Å². The Morgan fingerprint density at radius 1 is 1.22 bits per heavy atom. The fourth-order valence-corrected chi connectivity index (χ4v) is 3.21. The average Bonchev–Trinajstić information content (AvgIpc) is 2.89. The van der Waals surface area contributed by atoms with Gasteiger partial charge in [-0.3, -0.25) is 14.9 Å². The molecule has 0 bridgehead atoms. The maximum atomic E-state index is 12.2. The molecule has 0 amide bonds. The molecular weight excluding hydrogens is 314 g/mol. The van der Waals surface area contributed by atoms with E-state index in [4.69, 9.17) is 0 Å². The van der Waals surface area contributed by atoms with Crippen molar-refractivity contribution in [2.24, 2.45) is 7.05 Å². The lowest BCUT2D eigenvalue weighted by Crippen LogP contribution is -2.29. The fraction of sp³-hybridized carbons (Fsp3) is 0.125. The van der Waals surface area contributed by atoms with Crippen molar-refractivity contribution in [3.05, 3.63) is 64.2 Å². The van der Waals surface area contributed by atoms with Crippen molar-refractivity contribution < 1.29 is 14.3 Å². The number of H-pyrrole nitrogens is 1. The first kappa shape index (κ1) is 15.2. The first-order valence-electron chi connectivity index (χ1n) is 6.93. The molecule has 0 spiro atoms. The average molecular weight is 328 g/mol. The Kier molecular flexibility index (Phi) is 4.12. The van der Waals surface area contributed by atoms with Crippen molar-refractivity contribution in [3.63, 3.8) is 0 Å². The second kappa shape index (κ2) is 6.21. The van der Waals surface area contributed by atoms with Crippen LogP contribution in [0.15, 0.2) is 53.7 Å². The Balaban J connectivity index is 1.72. The molecule has 0 saturated heterocycles. The van der Waals surface area contributed by atoms with Gasteiger partial charge in [0.25, 0.3) is 5.69 Å². The van der Waals surface area contributed by atoms with Crippen LogP contribution in [0, 0.1) is 10.1 Å². The predicted molar refractivity (Wildman–Crippen MR) is 87.6 cm³/mol. The molecule has 0 saturated carbocycles. The first-order valence-corrected chi connectivity index (χ1v) is 7.92. The summed E-state index contributed by atoms with van der Waals surface area (Å²) in [5.41, 5.74) is 2.54. The van der Waals surface area contributed by atoms with E-state index in [-0.39, 0.29) is 17.2 Å². The van der Waals surface area contributed by atoms with Gasteiger partial charge < -0.3 is 0 Å². The predicted octanol–water partition coefficient (Wildman–Crippen LogP) is 2.88. The van der Waals surface area contributed by atoms with Crippen LogP contribution in [0.1, 0.15) is 10.4 Å². The summed E-state index contributed by atoms with van der Waals surface area (Å²) < 4.78 is 2.00. The zero-order valence-corrected chi connectivity index (χ0v) is 13.2. The van der Waals surface area contributed by atoms with E-state index in [2.05, 4.69) is 4.98 Å². The molecule has 0 aliphatic heterocycles. The summed E-state index contributed by atoms with van der Waals surface area (Å²) in [5, 5.41) is 11.5. The summed E-state index contributed by atoms with van der Waals surface area (Å²) in [4.78, 5) is 25.6. The smallest absolute Gasteiger partial charge is 0.293 e. The lowest BCUT2D eigenvalue weighted by atomic mass is 10.1. The Morgan fingerprint density at radius 3 is 2.57 bits per heavy atom. The number of thioether (sulfide) groups is 1. The van der Waals surface area contributed by atoms with E-state index in [9.17, 15) is 14.9 Å². The number of nitro groups is 1. The topological polar surface area (TPSA) is 79.9 Å². The maximum Gasteiger partial charge on any atom is 0.316 e. The van der Waals surface area contributed by atoms with Crippen molar-refractivity contribution in [1.82, 2.24) is 4.98 Å². The monoisotopic (exact) mass is 328 g/mol. The highest BCUT2D eigenvalue weighted by Gasteiger charge is 2.17. The number of aromatic amines is 1. The number of nitrogens with one attached hydrogen (secondary N) is 1. The Morgan fingerprint density at radius 2 is 1.91 bits per heavy atom. The van der Waals surface area contributed by atoms with Gasteiger partial charge in [-0.05, 0) is 36.0 Å². The number of fused-ring (bicyclic) bond motifs is 1. The highest BCUT2D eigenvalue weighted by Crippen LogP contribution is 2.19. The number of nitro benzene ring substituents is 1. The van der Waals surface area contributed by atoms with Gasteiger partial charge in [0, 0.05) is 17.7 Å². The Hall–Kier alpha value is -2.67. The minimum Gasteiger partial charge on any atom is -0.293 e. The highest BCUT2D eigenvalue weighted by atomic mass is 32.2. The van der Waals surface area contributed by atoms with Crippen molar-refractivity contribution in [2.45, 2.75) is 5.16 Å². The van der Waals surface area contributed by atoms with Crippen LogP contribution < -0.4 is 4.57 Å². The van der Waals surface area contributed by atoms with Gasteiger partial charge in [-0.15, -0.1) is 0 Å². The van der Waals surface area contributed by atoms with E-state index in [1.807, 2.05) is 35.9 Å². The molecule has 0 unspecified atom stereocenters. The number of carbonyl (C=O) groups excluding carboxylic acids is 1. The van der Waals surface area contributed by atoms with E-state index in [1.54, 1.807) is 0 Å². The molecule has 116 valence electrons. The Labute approximate surface area is 136 Å². The van der Waals surface area contributed by atoms with Crippen LogP contribution in [-0.2, 0) is 7.05 Å². The second-order valence-electron chi connectivity index (χ2n) is 5.02. The van der Waals surface area contributed by atoms with Crippen molar-refractivity contribution in [3.8, 4) is 0 Å². The molecule has 0 aliphatic carbocycles. The molecule has 7 heteroatoms. The standard InChI is InChI=1S/C16H13N3O3S/c1-18-14-5-3-2-4-13(14)17-16(18)23-10-15(20)11-6-8-12(9-7-11)19(21)22/h2-9H,10H2,1H3/p+1. The van der Waals surface area contributed by atoms with Gasteiger partial charge in [0.1, 0.15) is 0 Å². The van der Waals surface area contributed by atoms with Gasteiger partial charge in [0.15, 0.2) is 16.8 Å². The fourth-order valence-electron chi connectivity index (χ4n) is 2.30. The molecule has 2 aromatic carbocycles. The maximum absolute atomic E-state index is 12.2. The number of rotatable bonds is 5. The molecule has 0 atom stereocenters. The minimum absolute atomic E-state index is 0.0174. The van der Waals surface area contributed by atoms with Crippen molar-refractivity contribution in [2.75, 3.05) is 5.75 Å². The first-order chi connectivity index (χ1) is 11.1. The van der Waals surface area contributed by atoms with Crippen molar-refractivity contribution in [1.29, 1.82) is 0 Å². The molecule has 1 aromatic heterocycles. The minimum atomic E-state index is -0.479. The van der Waals surface area contributed by atoms with Crippen LogP contribution in [0.4, 0.5) is 5.69 Å². The molecule has 3 rings (SSSR count). The summed E-state index contributed by atoms with van der Waals surface area (Å²) in [5.74, 6) is 0.196. The van der Waals surface area contributed by atoms with Gasteiger partial charge in [0.05, 0.1) is 17.7 Å². The third-order valence-corrected chi connectivity index (χ3v) is 4.61. The van der Waals surface area contributed by atoms with E-state index < -0.39 is 4.92 Å². The van der Waals surface area contributed by atoms with Gasteiger partial charge >= 0.3 is 5.16 Å². The lowest BCUT2D eigenvalue weighted by molar-refractivity contribution is -0.683. The number of aryl methyl sites for hydroxylation is 1. The summed E-state index contributed by atoms with van der Waals surface area (Å²) in [6, 6.07) is 13.6. The molecule has 0 aliphatic rings. The third kappa shape index (κ3) is 3.09. The molecule has 3 aromatic rings. The number of aromatic nitrogens is 2. The van der Waals surface area contributed by atoms with E-state index in [1.165, 1.54) is 36.0 Å². The molecule has 1 N–H and O–H groups in total. The quantitative estimate of drug-likeness (QED) is 0.257. The molecule has 1 heterocycles. The molecule has 0 radical (unpaired) electrons. The summed E-state index contributed by atoms with van der Waals surface area (Å²) in [7, 11) is 1.94. The number of para-hydroxylation sites is 2. The number of hydrogen-bond acceptors (Lipinski definition) is 4. The SMILES string of the molecule is C[n+]1c(SCC(=O)c2ccc([N+](=O)[O-])cc2)[nH]c2ccccc21. The van der Waals surface area contributed by atoms with Crippen LogP contribution in [0.3, 0.4) is 0 Å². The number of nitrogens with zero attached hydrogens (tertiary/aromatic N) is 2. The van der Waals surface area contributed by atoms with Crippen LogP contribution in [0.2, 0.25) is 0 Å². The summed E-state index contributed by atoms with van der Waals surface area (Å²) in [6.07, 6.45) is 0. The highest BCUT2D eigenvalue weighted by molar-refractivity contribution is 7.99. The van der Waals surface area contributed by atoms with Crippen LogP contribution in [-0.4, -0.2) is 21.4 Å². The van der Waals surface area contributed by atoms with Crippen LogP contribution in [0.25, 0.3) is 11.0 Å². The number of non-ortho nitro benzene ring substituents is 1. The molecular formula is C16H14N3O3S+. The van der Waals surface area contributed by atoms with Crippen LogP contribution >= 0.6 is 11.8 Å². The zero-order valence-electron chi connectivity index (χ0n) is 12.4. The number of hydrogen-bond donors (Lipinski definition) is 1. The number of Topliss-reactive ketones (excluding diaryl/α,β-unsaturated/α-hetero) is 1. The Bertz CT molecular complexity index is 887. The second-order valence-corrected chi connectivity index (χ2v) is 5.99. The van der Waals surface area contributed by atoms with E-state index in [0.29, 0.717) is 5.56 Å². The van der Waals surface area contributed by atoms with Crippen molar-refractivity contribution >= 4 is 34.3 Å². The summed E-state index contributed by atoms with van der Waals surface area (Å²) in [6.45, 7) is 0. The van der Waals surface area contributed by atoms with Gasteiger partial charge in [-0.1, -0.05) is 12.1 Å². The number of carbonyl (C=O) groups is 1. The lowest BCUT2D eigenvalue weighted by Gasteiger charge is -1.99. The molecule has 23 heavy (non-hydrogen) atoms.